The van der Waals surface area contributed by atoms with Crippen LogP contribution in [0.1, 0.15) is 36.4 Å². The molecule has 1 atom stereocenters. The van der Waals surface area contributed by atoms with Crippen molar-refractivity contribution in [1.82, 2.24) is 15.3 Å². The zero-order valence-corrected chi connectivity index (χ0v) is 17.3. The van der Waals surface area contributed by atoms with Crippen LogP contribution in [0, 0.1) is 10.1 Å². The lowest BCUT2D eigenvalue weighted by Gasteiger charge is -2.37. The molecule has 32 heavy (non-hydrogen) atoms. The second kappa shape index (κ2) is 8.62. The second-order valence-corrected chi connectivity index (χ2v) is 7.84. The van der Waals surface area contributed by atoms with Crippen LogP contribution in [0.15, 0.2) is 65.6 Å². The van der Waals surface area contributed by atoms with Gasteiger partial charge in [0, 0.05) is 25.5 Å². The number of nitro groups is 1. The van der Waals surface area contributed by atoms with Crippen molar-refractivity contribution in [2.45, 2.75) is 31.8 Å². The molecule has 0 amide bonds. The zero-order chi connectivity index (χ0) is 21.9. The minimum Gasteiger partial charge on any atom is -0.375 e. The molecule has 2 aromatic heterocycles. The van der Waals surface area contributed by atoms with Gasteiger partial charge in [0.1, 0.15) is 5.69 Å². The van der Waals surface area contributed by atoms with Gasteiger partial charge in [0.2, 0.25) is 5.52 Å². The largest absolute Gasteiger partial charge is 0.375 e. The molecule has 4 aromatic rings. The molecule has 0 radical (unpaired) electrons. The molecule has 162 valence electrons. The van der Waals surface area contributed by atoms with Gasteiger partial charge in [-0.25, -0.2) is 4.63 Å². The lowest BCUT2D eigenvalue weighted by Crippen LogP contribution is -2.33. The SMILES string of the molecule is O=[N+]([O-])c1c(NCc2ccccc2)cc(N2CCCCC2c2cccnc2)c2nonc12. The van der Waals surface area contributed by atoms with Crippen LogP contribution in [-0.4, -0.2) is 26.8 Å². The first-order chi connectivity index (χ1) is 15.7. The van der Waals surface area contributed by atoms with Gasteiger partial charge in [-0.3, -0.25) is 15.1 Å². The summed E-state index contributed by atoms with van der Waals surface area (Å²) in [5.74, 6) is 0. The maximum atomic E-state index is 12.0. The maximum absolute atomic E-state index is 12.0. The van der Waals surface area contributed by atoms with Gasteiger partial charge in [-0.05, 0) is 52.8 Å². The first-order valence-electron chi connectivity index (χ1n) is 10.6. The van der Waals surface area contributed by atoms with Crippen LogP contribution >= 0.6 is 0 Å². The first kappa shape index (κ1) is 19.9. The topological polar surface area (TPSA) is 110 Å². The Morgan fingerprint density at radius 3 is 2.75 bits per heavy atom. The van der Waals surface area contributed by atoms with Gasteiger partial charge in [0.25, 0.3) is 0 Å². The molecule has 1 unspecified atom stereocenters. The number of fused-ring (bicyclic) bond motifs is 1. The van der Waals surface area contributed by atoms with Crippen LogP contribution in [0.25, 0.3) is 11.0 Å². The molecule has 1 N–H and O–H groups in total. The fraction of sp³-hybridized carbons (Fsp3) is 0.261. The minimum atomic E-state index is -0.432. The minimum absolute atomic E-state index is 0.0979. The molecular weight excluding hydrogens is 408 g/mol. The molecule has 3 heterocycles. The highest BCUT2D eigenvalue weighted by atomic mass is 16.6. The number of aromatic nitrogens is 3. The Hall–Kier alpha value is -4.01. The Kier molecular flexibility index (Phi) is 5.37. The predicted molar refractivity (Wildman–Crippen MR) is 120 cm³/mol. The Bertz CT molecular complexity index is 1230. The van der Waals surface area contributed by atoms with E-state index in [1.54, 1.807) is 6.20 Å². The monoisotopic (exact) mass is 430 g/mol. The number of nitrogens with zero attached hydrogens (tertiary/aromatic N) is 5. The molecular formula is C23H22N6O3. The lowest BCUT2D eigenvalue weighted by atomic mass is 9.95. The van der Waals surface area contributed by atoms with Crippen LogP contribution in [0.4, 0.5) is 17.1 Å². The van der Waals surface area contributed by atoms with Crippen molar-refractivity contribution >= 4 is 28.1 Å². The summed E-state index contributed by atoms with van der Waals surface area (Å²) < 4.78 is 4.97. The number of nitro benzene ring substituents is 1. The molecule has 0 aliphatic carbocycles. The van der Waals surface area contributed by atoms with Gasteiger partial charge in [-0.15, -0.1) is 0 Å². The quantitative estimate of drug-likeness (QED) is 0.341. The van der Waals surface area contributed by atoms with Crippen molar-refractivity contribution in [3.63, 3.8) is 0 Å². The van der Waals surface area contributed by atoms with Crippen LogP contribution < -0.4 is 10.2 Å². The summed E-state index contributed by atoms with van der Waals surface area (Å²) in [6.07, 6.45) is 6.72. The highest BCUT2D eigenvalue weighted by Crippen LogP contribution is 2.43. The average Bonchev–Trinajstić information content (AvgIpc) is 3.32. The molecule has 0 saturated carbocycles. The van der Waals surface area contributed by atoms with E-state index >= 15 is 0 Å². The summed E-state index contributed by atoms with van der Waals surface area (Å²) >= 11 is 0. The number of rotatable bonds is 6. The Balaban J connectivity index is 1.60. The molecule has 1 aliphatic rings. The van der Waals surface area contributed by atoms with Crippen molar-refractivity contribution in [2.75, 3.05) is 16.8 Å². The molecule has 5 rings (SSSR count). The van der Waals surface area contributed by atoms with Crippen molar-refractivity contribution in [1.29, 1.82) is 0 Å². The molecule has 9 heteroatoms. The third-order valence-corrected chi connectivity index (χ3v) is 5.88. The van der Waals surface area contributed by atoms with Crippen LogP contribution in [-0.2, 0) is 6.54 Å². The van der Waals surface area contributed by atoms with Crippen LogP contribution in [0.2, 0.25) is 0 Å². The summed E-state index contributed by atoms with van der Waals surface area (Å²) in [6.45, 7) is 1.25. The summed E-state index contributed by atoms with van der Waals surface area (Å²) in [5, 5.41) is 23.1. The number of piperidine rings is 1. The molecule has 1 aliphatic heterocycles. The van der Waals surface area contributed by atoms with Gasteiger partial charge in [0.05, 0.1) is 16.7 Å². The molecule has 9 nitrogen and oxygen atoms in total. The lowest BCUT2D eigenvalue weighted by molar-refractivity contribution is -0.382. The summed E-state index contributed by atoms with van der Waals surface area (Å²) in [4.78, 5) is 18.0. The standard InChI is InChI=1S/C23H22N6O3/c30-29(31)23-18(25-14-16-7-2-1-3-8-16)13-20(21-22(23)27-32-26-21)28-12-5-4-10-19(28)17-9-6-11-24-15-17/h1-3,6-9,11,13,15,19,25H,4-5,10,12,14H2. The summed E-state index contributed by atoms with van der Waals surface area (Å²) in [7, 11) is 0. The van der Waals surface area contributed by atoms with E-state index in [9.17, 15) is 10.1 Å². The Morgan fingerprint density at radius 2 is 1.97 bits per heavy atom. The number of pyridine rings is 1. The van der Waals surface area contributed by atoms with E-state index in [1.165, 1.54) is 0 Å². The van der Waals surface area contributed by atoms with E-state index < -0.39 is 4.92 Å². The van der Waals surface area contributed by atoms with E-state index in [4.69, 9.17) is 4.63 Å². The van der Waals surface area contributed by atoms with E-state index in [-0.39, 0.29) is 17.2 Å². The number of hydrogen-bond acceptors (Lipinski definition) is 8. The van der Waals surface area contributed by atoms with Crippen LogP contribution in [0.5, 0.6) is 0 Å². The van der Waals surface area contributed by atoms with Gasteiger partial charge >= 0.3 is 5.69 Å². The fourth-order valence-corrected chi connectivity index (χ4v) is 4.38. The Morgan fingerprint density at radius 1 is 1.12 bits per heavy atom. The van der Waals surface area contributed by atoms with Crippen molar-refractivity contribution in [2.24, 2.45) is 0 Å². The zero-order valence-electron chi connectivity index (χ0n) is 17.3. The summed E-state index contributed by atoms with van der Waals surface area (Å²) in [5.41, 5.74) is 3.72. The predicted octanol–water partition coefficient (Wildman–Crippen LogP) is 4.87. The number of nitrogens with one attached hydrogen (secondary N) is 1. The van der Waals surface area contributed by atoms with Crippen molar-refractivity contribution in [3.05, 3.63) is 82.2 Å². The molecule has 0 bridgehead atoms. The first-order valence-corrected chi connectivity index (χ1v) is 10.6. The van der Waals surface area contributed by atoms with E-state index in [2.05, 4.69) is 31.6 Å². The van der Waals surface area contributed by atoms with Gasteiger partial charge in [-0.1, -0.05) is 36.4 Å². The van der Waals surface area contributed by atoms with Gasteiger partial charge in [0.15, 0.2) is 5.52 Å². The van der Waals surface area contributed by atoms with Crippen molar-refractivity contribution in [3.8, 4) is 0 Å². The Labute approximate surface area is 184 Å². The molecule has 0 spiro atoms. The summed E-state index contributed by atoms with van der Waals surface area (Å²) in [6, 6.07) is 15.7. The van der Waals surface area contributed by atoms with Gasteiger partial charge < -0.3 is 10.2 Å². The second-order valence-electron chi connectivity index (χ2n) is 7.84. The average molecular weight is 430 g/mol. The number of benzene rings is 2. The highest BCUT2D eigenvalue weighted by Gasteiger charge is 2.32. The third-order valence-electron chi connectivity index (χ3n) is 5.88. The maximum Gasteiger partial charge on any atom is 0.323 e. The molecule has 2 aromatic carbocycles. The van der Waals surface area contributed by atoms with Crippen molar-refractivity contribution < 1.29 is 9.55 Å². The van der Waals surface area contributed by atoms with E-state index in [0.717, 1.165) is 42.6 Å². The van der Waals surface area contributed by atoms with E-state index in [1.807, 2.05) is 48.7 Å². The van der Waals surface area contributed by atoms with Crippen LogP contribution in [0.3, 0.4) is 0 Å². The van der Waals surface area contributed by atoms with E-state index in [0.29, 0.717) is 17.7 Å². The highest BCUT2D eigenvalue weighted by molar-refractivity contribution is 6.00. The number of hydrogen-bond donors (Lipinski definition) is 1. The van der Waals surface area contributed by atoms with Gasteiger partial charge in [-0.2, -0.15) is 0 Å². The smallest absolute Gasteiger partial charge is 0.323 e. The fourth-order valence-electron chi connectivity index (χ4n) is 4.38. The third kappa shape index (κ3) is 3.73. The molecule has 1 fully saturated rings. The molecule has 1 saturated heterocycles. The normalized spacial score (nSPS) is 16.2. The number of anilines is 2.